The quantitative estimate of drug-likeness (QED) is 0.449. The first-order valence-electron chi connectivity index (χ1n) is 6.54. The number of fused-ring (bicyclic) bond motifs is 1. The molecule has 3 nitrogen and oxygen atoms in total. The van der Waals surface area contributed by atoms with Gasteiger partial charge in [-0.2, -0.15) is 0 Å². The largest absolute Gasteiger partial charge is 1.00 e. The minimum atomic E-state index is 0. The van der Waals surface area contributed by atoms with Gasteiger partial charge in [-0.25, -0.2) is 0 Å². The molecule has 6 heteroatoms. The summed E-state index contributed by atoms with van der Waals surface area (Å²) < 4.78 is 0. The van der Waals surface area contributed by atoms with Gasteiger partial charge in [-0.15, -0.1) is 0 Å². The third-order valence-corrected chi connectivity index (χ3v) is 3.94. The topological polar surface area (TPSA) is 48.7 Å². The maximum absolute atomic E-state index is 4.17. The smallest absolute Gasteiger partial charge is 0.142 e. The maximum Gasteiger partial charge on any atom is 0.142 e. The van der Waals surface area contributed by atoms with Gasteiger partial charge in [0.05, 0.1) is 18.5 Å². The first-order valence-corrected chi connectivity index (χ1v) is 6.54. The molecule has 114 valence electrons. The highest BCUT2D eigenvalue weighted by Crippen LogP contribution is 2.23. The van der Waals surface area contributed by atoms with Gasteiger partial charge in [0.25, 0.3) is 0 Å². The second kappa shape index (κ2) is 8.23. The van der Waals surface area contributed by atoms with Crippen LogP contribution >= 0.6 is 0 Å². The molecule has 20 heavy (non-hydrogen) atoms. The third-order valence-electron chi connectivity index (χ3n) is 3.94. The van der Waals surface area contributed by atoms with Crippen LogP contribution in [-0.2, 0) is 0 Å². The van der Waals surface area contributed by atoms with Gasteiger partial charge in [0, 0.05) is 11.6 Å². The fourth-order valence-corrected chi connectivity index (χ4v) is 3.00. The lowest BCUT2D eigenvalue weighted by atomic mass is 10.0. The summed E-state index contributed by atoms with van der Waals surface area (Å²) in [6, 6.07) is 7.43. The summed E-state index contributed by atoms with van der Waals surface area (Å²) in [6.45, 7) is 5.84. The molecule has 0 amide bonds. The van der Waals surface area contributed by atoms with Crippen molar-refractivity contribution < 1.29 is 53.2 Å². The molecule has 1 aromatic carbocycles. The predicted octanol–water partition coefficient (Wildman–Crippen LogP) is -10.5. The Labute approximate surface area is 139 Å². The molecule has 2 aliphatic heterocycles. The zero-order valence-corrected chi connectivity index (χ0v) is 13.9. The van der Waals surface area contributed by atoms with Gasteiger partial charge in [0.15, 0.2) is 0 Å². The standard InChI is InChI=1S/C14H19N3.3ClH/c1-10-2-3-13-11(7-16-14(13)6-10)8-17-5-4-12(15)9-17;;;/h2-3,6-7,12,16H,4-5,8-9,15H2,1H3;3*1H. The van der Waals surface area contributed by atoms with Gasteiger partial charge in [0.2, 0.25) is 0 Å². The van der Waals surface area contributed by atoms with E-state index in [0.717, 1.165) is 0 Å². The number of quaternary nitrogens is 3. The average Bonchev–Trinajstić information content (AvgIpc) is 2.86. The molecule has 2 atom stereocenters. The van der Waals surface area contributed by atoms with Crippen LogP contribution in [0.5, 0.6) is 0 Å². The Kier molecular flexibility index (Phi) is 8.11. The number of halogens is 3. The molecule has 6 N–H and O–H groups in total. The highest BCUT2D eigenvalue weighted by molar-refractivity contribution is 5.75. The Hall–Kier alpha value is -0.290. The van der Waals surface area contributed by atoms with Crippen molar-refractivity contribution in [3.8, 4) is 0 Å². The second-order valence-corrected chi connectivity index (χ2v) is 5.48. The maximum atomic E-state index is 4.17. The molecule has 0 bridgehead atoms. The first-order chi connectivity index (χ1) is 8.22. The Balaban J connectivity index is 0.00000120. The van der Waals surface area contributed by atoms with E-state index >= 15 is 0 Å². The van der Waals surface area contributed by atoms with E-state index in [2.05, 4.69) is 42.4 Å². The van der Waals surface area contributed by atoms with Crippen molar-refractivity contribution in [2.45, 2.75) is 19.4 Å². The van der Waals surface area contributed by atoms with E-state index in [9.17, 15) is 0 Å². The molecule has 2 unspecified atom stereocenters. The molecule has 3 rings (SSSR count). The molecular formula is C14H22Cl3N3. The molecule has 2 aliphatic rings. The van der Waals surface area contributed by atoms with E-state index < -0.39 is 0 Å². The zero-order chi connectivity index (χ0) is 11.8. The number of hydrogen-bond acceptors (Lipinski definition) is 0. The van der Waals surface area contributed by atoms with Crippen LogP contribution in [0.1, 0.15) is 17.5 Å². The van der Waals surface area contributed by atoms with Crippen LogP contribution in [-0.4, -0.2) is 25.7 Å². The lowest BCUT2D eigenvalue weighted by Crippen LogP contribution is -3.11. The summed E-state index contributed by atoms with van der Waals surface area (Å²) in [6.07, 6.45) is 3.58. The number of nitrogens with two attached hydrogens (primary N) is 1. The van der Waals surface area contributed by atoms with Gasteiger partial charge in [0.1, 0.15) is 31.0 Å². The van der Waals surface area contributed by atoms with Crippen LogP contribution < -0.4 is 53.2 Å². The van der Waals surface area contributed by atoms with Crippen molar-refractivity contribution in [3.63, 3.8) is 0 Å². The molecule has 1 saturated heterocycles. The lowest BCUT2D eigenvalue weighted by Gasteiger charge is -2.11. The van der Waals surface area contributed by atoms with Gasteiger partial charge in [-0.05, 0) is 18.6 Å². The molecule has 2 heterocycles. The fourth-order valence-electron chi connectivity index (χ4n) is 3.00. The van der Waals surface area contributed by atoms with Crippen molar-refractivity contribution in [2.75, 3.05) is 19.6 Å². The highest BCUT2D eigenvalue weighted by Gasteiger charge is 2.29. The highest BCUT2D eigenvalue weighted by atomic mass is 35.5. The number of nitrogens with one attached hydrogen (secondary N) is 1. The van der Waals surface area contributed by atoms with Crippen molar-refractivity contribution in [2.24, 2.45) is 0 Å². The zero-order valence-electron chi connectivity index (χ0n) is 11.6. The summed E-state index contributed by atoms with van der Waals surface area (Å²) in [5.41, 5.74) is 9.86. The Morgan fingerprint density at radius 3 is 2.70 bits per heavy atom. The predicted molar refractivity (Wildman–Crippen MR) is 67.6 cm³/mol. The van der Waals surface area contributed by atoms with Crippen molar-refractivity contribution >= 4 is 11.3 Å². The van der Waals surface area contributed by atoms with Gasteiger partial charge < -0.3 is 47.9 Å². The van der Waals surface area contributed by atoms with E-state index in [1.807, 2.05) is 0 Å². The lowest BCUT2D eigenvalue weighted by molar-refractivity contribution is -0.884. The Bertz CT molecular complexity index is 477. The third kappa shape index (κ3) is 4.10. The van der Waals surface area contributed by atoms with Crippen molar-refractivity contribution in [1.29, 1.82) is 0 Å². The Morgan fingerprint density at radius 1 is 1.30 bits per heavy atom. The van der Waals surface area contributed by atoms with E-state index in [-0.39, 0.29) is 37.2 Å². The van der Waals surface area contributed by atoms with Crippen LogP contribution in [0, 0.1) is 6.92 Å². The van der Waals surface area contributed by atoms with Crippen LogP contribution in [0.15, 0.2) is 24.4 Å². The molecule has 0 radical (unpaired) electrons. The molecule has 0 aliphatic carbocycles. The van der Waals surface area contributed by atoms with Crippen LogP contribution in [0.4, 0.5) is 5.69 Å². The average molecular weight is 339 g/mol. The van der Waals surface area contributed by atoms with E-state index in [4.69, 9.17) is 0 Å². The number of rotatable bonds is 2. The van der Waals surface area contributed by atoms with Gasteiger partial charge in [-0.1, -0.05) is 6.07 Å². The first kappa shape index (κ1) is 19.7. The fraction of sp³-hybridized carbons (Fsp3) is 0.429. The molecular weight excluding hydrogens is 317 g/mol. The van der Waals surface area contributed by atoms with Crippen LogP contribution in [0.25, 0.3) is 5.57 Å². The monoisotopic (exact) mass is 337 g/mol. The minimum Gasteiger partial charge on any atom is -1.00 e. The number of aryl methyl sites for hydroxylation is 1. The minimum absolute atomic E-state index is 0. The summed E-state index contributed by atoms with van der Waals surface area (Å²) in [7, 11) is 0. The van der Waals surface area contributed by atoms with Crippen LogP contribution in [0.3, 0.4) is 0 Å². The number of likely N-dealkylation sites (tertiary alicyclic amines) is 1. The summed E-state index contributed by atoms with van der Waals surface area (Å²) in [5.74, 6) is 0. The molecule has 1 aromatic rings. The van der Waals surface area contributed by atoms with Crippen LogP contribution in [0.2, 0.25) is 0 Å². The van der Waals surface area contributed by atoms with Gasteiger partial charge >= 0.3 is 0 Å². The molecule has 0 aromatic heterocycles. The second-order valence-electron chi connectivity index (χ2n) is 5.48. The molecule has 0 saturated carbocycles. The van der Waals surface area contributed by atoms with Crippen molar-refractivity contribution in [3.05, 3.63) is 35.5 Å². The number of benzene rings is 1. The van der Waals surface area contributed by atoms with Gasteiger partial charge in [-0.3, -0.25) is 5.32 Å². The van der Waals surface area contributed by atoms with E-state index in [1.54, 1.807) is 4.90 Å². The summed E-state index contributed by atoms with van der Waals surface area (Å²) >= 11 is 0. The summed E-state index contributed by atoms with van der Waals surface area (Å²) in [5, 5.41) is 2.26. The van der Waals surface area contributed by atoms with E-state index in [0.29, 0.717) is 6.04 Å². The van der Waals surface area contributed by atoms with E-state index in [1.165, 1.54) is 48.4 Å². The number of hydrogen-bond donors (Lipinski definition) is 3. The summed E-state index contributed by atoms with van der Waals surface area (Å²) in [4.78, 5) is 1.69. The SMILES string of the molecule is Cc1ccc2c(c1)[NH2+]C=C2C[NH+]1CCC([NH3+])C1.[Cl-].[Cl-].[Cl-]. The molecule has 1 fully saturated rings. The van der Waals surface area contributed by atoms with Crippen molar-refractivity contribution in [1.82, 2.24) is 0 Å². The molecule has 0 spiro atoms. The normalized spacial score (nSPS) is 23.0. The Morgan fingerprint density at radius 2 is 2.05 bits per heavy atom.